The molecule has 2 heterocycles. The summed E-state index contributed by atoms with van der Waals surface area (Å²) in [6.45, 7) is 18.6. The first-order chi connectivity index (χ1) is 16.7. The molecule has 2 aliphatic heterocycles. The van der Waals surface area contributed by atoms with E-state index < -0.39 is 0 Å². The average molecular weight is 491 g/mol. The smallest absolute Gasteiger partial charge is 0.0575 e. The first-order valence-corrected chi connectivity index (χ1v) is 14.1. The van der Waals surface area contributed by atoms with E-state index in [-0.39, 0.29) is 22.2 Å². The Bertz CT molecular complexity index is 1020. The summed E-state index contributed by atoms with van der Waals surface area (Å²) in [4.78, 5) is 5.87. The molecular formula is C33H50N2O. The third-order valence-electron chi connectivity index (χ3n) is 8.78. The monoisotopic (exact) mass is 490 g/mol. The van der Waals surface area contributed by atoms with E-state index in [1.807, 2.05) is 7.11 Å². The van der Waals surface area contributed by atoms with E-state index in [1.54, 1.807) is 0 Å². The zero-order chi connectivity index (χ0) is 26.4. The summed E-state index contributed by atoms with van der Waals surface area (Å²) in [6, 6.07) is 18.8. The summed E-state index contributed by atoms with van der Waals surface area (Å²) in [6.07, 6.45) is 7.05. The molecule has 198 valence electrons. The Morgan fingerprint density at radius 3 is 1.61 bits per heavy atom. The predicted octanol–water partition coefficient (Wildman–Crippen LogP) is 8.46. The molecule has 0 spiro atoms. The molecule has 2 saturated heterocycles. The highest BCUT2D eigenvalue weighted by molar-refractivity contribution is 5.64. The molecule has 1 N–H and O–H groups in total. The van der Waals surface area contributed by atoms with Gasteiger partial charge in [-0.05, 0) is 128 Å². The Balaban J connectivity index is 1.49. The lowest BCUT2D eigenvalue weighted by atomic mass is 9.83. The van der Waals surface area contributed by atoms with Crippen molar-refractivity contribution in [3.63, 3.8) is 0 Å². The number of hydrogen-bond donors (Lipinski definition) is 1. The molecule has 2 aliphatic rings. The van der Waals surface area contributed by atoms with Gasteiger partial charge in [0.1, 0.15) is 0 Å². The Hall–Kier alpha value is -1.68. The van der Waals surface area contributed by atoms with Crippen LogP contribution >= 0.6 is 0 Å². The molecule has 2 fully saturated rings. The van der Waals surface area contributed by atoms with Crippen LogP contribution < -0.4 is 5.32 Å². The highest BCUT2D eigenvalue weighted by atomic mass is 16.7. The van der Waals surface area contributed by atoms with Crippen molar-refractivity contribution in [2.45, 2.75) is 128 Å². The lowest BCUT2D eigenvalue weighted by molar-refractivity contribution is -0.245. The largest absolute Gasteiger partial charge is 0.307 e. The quantitative estimate of drug-likeness (QED) is 0.465. The van der Waals surface area contributed by atoms with Gasteiger partial charge in [-0.15, -0.1) is 0 Å². The van der Waals surface area contributed by atoms with E-state index in [9.17, 15) is 0 Å². The highest BCUT2D eigenvalue weighted by Gasteiger charge is 2.43. The number of benzene rings is 2. The molecule has 0 aliphatic carbocycles. The molecule has 3 heteroatoms. The van der Waals surface area contributed by atoms with Gasteiger partial charge in [-0.1, -0.05) is 48.5 Å². The average Bonchev–Trinajstić information content (AvgIpc) is 2.96. The molecule has 2 atom stereocenters. The van der Waals surface area contributed by atoms with Crippen LogP contribution in [0.15, 0.2) is 48.5 Å². The van der Waals surface area contributed by atoms with Gasteiger partial charge in [-0.3, -0.25) is 0 Å². The lowest BCUT2D eigenvalue weighted by Gasteiger charge is -2.45. The van der Waals surface area contributed by atoms with Crippen molar-refractivity contribution < 1.29 is 4.84 Å². The van der Waals surface area contributed by atoms with Crippen LogP contribution in [0.25, 0.3) is 11.1 Å². The van der Waals surface area contributed by atoms with Crippen molar-refractivity contribution >= 4 is 0 Å². The molecule has 2 aromatic carbocycles. The van der Waals surface area contributed by atoms with Gasteiger partial charge < -0.3 is 10.2 Å². The normalized spacial score (nSPS) is 27.7. The Labute approximate surface area is 221 Å². The van der Waals surface area contributed by atoms with Crippen LogP contribution in [0.5, 0.6) is 0 Å². The van der Waals surface area contributed by atoms with Crippen LogP contribution in [0.2, 0.25) is 0 Å². The van der Waals surface area contributed by atoms with E-state index >= 15 is 0 Å². The number of nitrogens with one attached hydrogen (secondary N) is 1. The summed E-state index contributed by atoms with van der Waals surface area (Å²) < 4.78 is 0. The molecule has 0 aromatic heterocycles. The minimum atomic E-state index is -0.00871. The minimum Gasteiger partial charge on any atom is -0.307 e. The van der Waals surface area contributed by atoms with Gasteiger partial charge in [0.05, 0.1) is 7.11 Å². The van der Waals surface area contributed by atoms with Gasteiger partial charge in [0.2, 0.25) is 0 Å². The summed E-state index contributed by atoms with van der Waals surface area (Å²) in [7, 11) is 1.82. The van der Waals surface area contributed by atoms with Crippen LogP contribution in [-0.2, 0) is 4.84 Å². The van der Waals surface area contributed by atoms with E-state index in [1.165, 1.54) is 47.9 Å². The minimum absolute atomic E-state index is 0.00871. The Morgan fingerprint density at radius 2 is 1.11 bits per heavy atom. The second-order valence-corrected chi connectivity index (χ2v) is 14.1. The number of hydroxylamine groups is 2. The third kappa shape index (κ3) is 6.06. The fourth-order valence-corrected chi connectivity index (χ4v) is 7.48. The molecule has 4 rings (SSSR count). The third-order valence-corrected chi connectivity index (χ3v) is 8.78. The van der Waals surface area contributed by atoms with Crippen molar-refractivity contribution in [2.24, 2.45) is 0 Å². The van der Waals surface area contributed by atoms with Gasteiger partial charge in [0.25, 0.3) is 0 Å². The lowest BCUT2D eigenvalue weighted by Crippen LogP contribution is -2.53. The van der Waals surface area contributed by atoms with E-state index in [2.05, 4.69) is 114 Å². The zero-order valence-electron chi connectivity index (χ0n) is 24.4. The van der Waals surface area contributed by atoms with Gasteiger partial charge in [0, 0.05) is 22.2 Å². The first kappa shape index (κ1) is 27.4. The molecule has 0 saturated carbocycles. The summed E-state index contributed by atoms with van der Waals surface area (Å²) >= 11 is 0. The van der Waals surface area contributed by atoms with Crippen molar-refractivity contribution in [3.8, 4) is 11.1 Å². The second kappa shape index (κ2) is 9.89. The molecular weight excluding hydrogens is 440 g/mol. The van der Waals surface area contributed by atoms with E-state index in [0.29, 0.717) is 11.8 Å². The fraction of sp³-hybridized carbons (Fsp3) is 0.636. The maximum Gasteiger partial charge on any atom is 0.0575 e. The number of hydrogen-bond acceptors (Lipinski definition) is 3. The van der Waals surface area contributed by atoms with Crippen LogP contribution in [0, 0.1) is 0 Å². The molecule has 0 radical (unpaired) electrons. The molecule has 0 amide bonds. The van der Waals surface area contributed by atoms with Gasteiger partial charge >= 0.3 is 0 Å². The zero-order valence-corrected chi connectivity index (χ0v) is 24.4. The van der Waals surface area contributed by atoms with Crippen LogP contribution in [-0.4, -0.2) is 34.3 Å². The van der Waals surface area contributed by atoms with Crippen LogP contribution in [0.3, 0.4) is 0 Å². The van der Waals surface area contributed by atoms with Crippen LogP contribution in [0.1, 0.15) is 117 Å². The maximum absolute atomic E-state index is 5.87. The summed E-state index contributed by atoms with van der Waals surface area (Å²) in [5, 5.41) is 6.10. The molecule has 36 heavy (non-hydrogen) atoms. The Kier molecular flexibility index (Phi) is 7.52. The fourth-order valence-electron chi connectivity index (χ4n) is 7.48. The summed E-state index contributed by atoms with van der Waals surface area (Å²) in [5.74, 6) is 1.16. The summed E-state index contributed by atoms with van der Waals surface area (Å²) in [5.41, 5.74) is 5.93. The van der Waals surface area contributed by atoms with Crippen molar-refractivity contribution in [1.82, 2.24) is 10.4 Å². The van der Waals surface area contributed by atoms with Crippen molar-refractivity contribution in [2.75, 3.05) is 7.11 Å². The Morgan fingerprint density at radius 1 is 0.639 bits per heavy atom. The van der Waals surface area contributed by atoms with E-state index in [0.717, 1.165) is 12.8 Å². The molecule has 0 bridgehead atoms. The highest BCUT2D eigenvalue weighted by Crippen LogP contribution is 2.43. The maximum atomic E-state index is 5.87. The molecule has 2 aromatic rings. The first-order valence-electron chi connectivity index (χ1n) is 14.1. The van der Waals surface area contributed by atoms with E-state index in [4.69, 9.17) is 4.84 Å². The van der Waals surface area contributed by atoms with Crippen molar-refractivity contribution in [1.29, 1.82) is 0 Å². The van der Waals surface area contributed by atoms with Gasteiger partial charge in [-0.25, -0.2) is 0 Å². The molecule has 2 unspecified atom stereocenters. The number of rotatable bonds is 4. The predicted molar refractivity (Wildman–Crippen MR) is 153 cm³/mol. The standard InChI is InChI=1S/C33H50N2O/c1-30(2)20-18-28(22-31(3,4)34-30)26-14-10-24(11-15-26)25-12-16-27(17-13-25)29-19-21-32(5,6)35(36-9)33(7,8)23-29/h10-17,28-29,34H,18-23H2,1-9H3. The van der Waals surface area contributed by atoms with Gasteiger partial charge in [-0.2, -0.15) is 5.06 Å². The van der Waals surface area contributed by atoms with Crippen molar-refractivity contribution in [3.05, 3.63) is 59.7 Å². The van der Waals surface area contributed by atoms with Gasteiger partial charge in [0.15, 0.2) is 0 Å². The van der Waals surface area contributed by atoms with Crippen LogP contribution in [0.4, 0.5) is 0 Å². The number of nitrogens with zero attached hydrogens (tertiary/aromatic N) is 1. The SMILES string of the molecule is CON1C(C)(C)CCC(c2ccc(-c3ccc(C4CCC(C)(C)NC(C)(C)C4)cc3)cc2)CC1(C)C. The topological polar surface area (TPSA) is 24.5 Å². The second-order valence-electron chi connectivity index (χ2n) is 14.1. The molecule has 3 nitrogen and oxygen atoms in total.